The average molecular weight is 261 g/mol. The fraction of sp³-hybridized carbons (Fsp3) is 0.625. The molecule has 2 rings (SSSR count). The zero-order valence-corrected chi connectivity index (χ0v) is 12.3. The monoisotopic (exact) mass is 261 g/mol. The Hall–Kier alpha value is -1.06. The fourth-order valence-electron chi connectivity index (χ4n) is 3.00. The molecule has 1 atom stereocenters. The summed E-state index contributed by atoms with van der Waals surface area (Å²) in [6.45, 7) is 7.11. The molecule has 3 nitrogen and oxygen atoms in total. The summed E-state index contributed by atoms with van der Waals surface area (Å²) in [5.74, 6) is 0. The molecule has 3 heteroatoms. The van der Waals surface area contributed by atoms with Gasteiger partial charge in [-0.15, -0.1) is 0 Å². The number of rotatable bonds is 4. The van der Waals surface area contributed by atoms with Crippen LogP contribution >= 0.6 is 0 Å². The van der Waals surface area contributed by atoms with Gasteiger partial charge >= 0.3 is 0 Å². The maximum atomic E-state index is 5.84. The summed E-state index contributed by atoms with van der Waals surface area (Å²) in [6.07, 6.45) is 3.62. The van der Waals surface area contributed by atoms with Crippen LogP contribution in [0.5, 0.6) is 0 Å². The van der Waals surface area contributed by atoms with Crippen LogP contribution in [0.2, 0.25) is 0 Å². The maximum absolute atomic E-state index is 5.84. The molecule has 106 valence electrons. The van der Waals surface area contributed by atoms with E-state index in [2.05, 4.69) is 42.0 Å². The molecule has 0 aromatic heterocycles. The molecule has 1 aliphatic heterocycles. The molecule has 1 aliphatic rings. The first-order chi connectivity index (χ1) is 9.19. The number of nitrogens with zero attached hydrogens (tertiary/aromatic N) is 2. The first-order valence-electron chi connectivity index (χ1n) is 7.46. The Morgan fingerprint density at radius 1 is 1.32 bits per heavy atom. The van der Waals surface area contributed by atoms with Crippen molar-refractivity contribution < 1.29 is 0 Å². The zero-order valence-electron chi connectivity index (χ0n) is 12.3. The van der Waals surface area contributed by atoms with Gasteiger partial charge in [0.2, 0.25) is 0 Å². The van der Waals surface area contributed by atoms with Crippen LogP contribution in [0.1, 0.15) is 25.3 Å². The van der Waals surface area contributed by atoms with E-state index in [1.54, 1.807) is 0 Å². The third-order valence-corrected chi connectivity index (χ3v) is 4.13. The van der Waals surface area contributed by atoms with Crippen molar-refractivity contribution in [2.45, 2.75) is 32.2 Å². The standard InChI is InChI=1S/C16H27N3/c1-3-16-13-18(2)9-5-10-19(16)11-8-14-6-4-7-15(17)12-14/h4,6-7,12,16H,3,5,8-11,13,17H2,1-2H3. The van der Waals surface area contributed by atoms with Crippen LogP contribution in [0.15, 0.2) is 24.3 Å². The summed E-state index contributed by atoms with van der Waals surface area (Å²) in [5.41, 5.74) is 8.07. The van der Waals surface area contributed by atoms with Crippen molar-refractivity contribution in [1.29, 1.82) is 0 Å². The summed E-state index contributed by atoms with van der Waals surface area (Å²) >= 11 is 0. The van der Waals surface area contributed by atoms with Crippen molar-refractivity contribution >= 4 is 5.69 Å². The van der Waals surface area contributed by atoms with Gasteiger partial charge in [-0.3, -0.25) is 4.90 Å². The molecule has 0 bridgehead atoms. The molecule has 1 aromatic carbocycles. The largest absolute Gasteiger partial charge is 0.399 e. The van der Waals surface area contributed by atoms with Gasteiger partial charge in [-0.1, -0.05) is 19.1 Å². The highest BCUT2D eigenvalue weighted by atomic mass is 15.2. The highest BCUT2D eigenvalue weighted by Gasteiger charge is 2.21. The summed E-state index contributed by atoms with van der Waals surface area (Å²) in [5, 5.41) is 0. The van der Waals surface area contributed by atoms with Gasteiger partial charge in [0.25, 0.3) is 0 Å². The lowest BCUT2D eigenvalue weighted by Crippen LogP contribution is -2.40. The summed E-state index contributed by atoms with van der Waals surface area (Å²) in [4.78, 5) is 5.13. The lowest BCUT2D eigenvalue weighted by Gasteiger charge is -2.30. The molecule has 1 aromatic rings. The van der Waals surface area contributed by atoms with Crippen molar-refractivity contribution in [3.05, 3.63) is 29.8 Å². The number of benzene rings is 1. The number of anilines is 1. The Labute approximate surface area is 117 Å². The number of hydrogen-bond donors (Lipinski definition) is 1. The number of nitrogen functional groups attached to an aromatic ring is 1. The summed E-state index contributed by atoms with van der Waals surface area (Å²) in [6, 6.07) is 9.00. The van der Waals surface area contributed by atoms with Crippen LogP contribution in [-0.2, 0) is 6.42 Å². The van der Waals surface area contributed by atoms with Crippen LogP contribution in [0.3, 0.4) is 0 Å². The molecule has 2 N–H and O–H groups in total. The molecule has 0 amide bonds. The highest BCUT2D eigenvalue weighted by molar-refractivity contribution is 5.40. The van der Waals surface area contributed by atoms with Gasteiger partial charge in [-0.25, -0.2) is 0 Å². The molecular weight excluding hydrogens is 234 g/mol. The summed E-state index contributed by atoms with van der Waals surface area (Å²) in [7, 11) is 2.24. The minimum absolute atomic E-state index is 0.702. The second-order valence-corrected chi connectivity index (χ2v) is 5.71. The average Bonchev–Trinajstić information content (AvgIpc) is 2.58. The lowest BCUT2D eigenvalue weighted by atomic mass is 10.1. The second-order valence-electron chi connectivity index (χ2n) is 5.71. The smallest absolute Gasteiger partial charge is 0.0316 e. The van der Waals surface area contributed by atoms with E-state index in [1.807, 2.05) is 6.07 Å². The van der Waals surface area contributed by atoms with Gasteiger partial charge in [0.15, 0.2) is 0 Å². The minimum atomic E-state index is 0.702. The van der Waals surface area contributed by atoms with E-state index in [0.29, 0.717) is 6.04 Å². The molecule has 1 heterocycles. The van der Waals surface area contributed by atoms with E-state index in [0.717, 1.165) is 18.7 Å². The van der Waals surface area contributed by atoms with Crippen molar-refractivity contribution in [3.8, 4) is 0 Å². The van der Waals surface area contributed by atoms with Gasteiger partial charge in [-0.2, -0.15) is 0 Å². The molecule has 1 fully saturated rings. The van der Waals surface area contributed by atoms with Gasteiger partial charge in [0.1, 0.15) is 0 Å². The molecule has 0 saturated carbocycles. The third kappa shape index (κ3) is 4.22. The van der Waals surface area contributed by atoms with E-state index in [1.165, 1.54) is 38.0 Å². The van der Waals surface area contributed by atoms with Crippen LogP contribution in [0.4, 0.5) is 5.69 Å². The minimum Gasteiger partial charge on any atom is -0.399 e. The van der Waals surface area contributed by atoms with Crippen molar-refractivity contribution in [2.24, 2.45) is 0 Å². The van der Waals surface area contributed by atoms with E-state index >= 15 is 0 Å². The molecule has 0 spiro atoms. The number of likely N-dealkylation sites (N-methyl/N-ethyl adjacent to an activating group) is 1. The third-order valence-electron chi connectivity index (χ3n) is 4.13. The molecule has 0 radical (unpaired) electrons. The molecule has 1 saturated heterocycles. The Morgan fingerprint density at radius 3 is 2.89 bits per heavy atom. The normalized spacial score (nSPS) is 22.3. The quantitative estimate of drug-likeness (QED) is 0.844. The lowest BCUT2D eigenvalue weighted by molar-refractivity contribution is 0.185. The Bertz CT molecular complexity index is 391. The predicted octanol–water partition coefficient (Wildman–Crippen LogP) is 2.23. The van der Waals surface area contributed by atoms with Crippen LogP contribution < -0.4 is 5.73 Å². The fourth-order valence-corrected chi connectivity index (χ4v) is 3.00. The molecule has 0 aliphatic carbocycles. The zero-order chi connectivity index (χ0) is 13.7. The number of nitrogens with two attached hydrogens (primary N) is 1. The van der Waals surface area contributed by atoms with Crippen LogP contribution in [0.25, 0.3) is 0 Å². The van der Waals surface area contributed by atoms with Gasteiger partial charge in [-0.05, 0) is 57.1 Å². The first-order valence-corrected chi connectivity index (χ1v) is 7.46. The second kappa shape index (κ2) is 6.92. The van der Waals surface area contributed by atoms with E-state index < -0.39 is 0 Å². The molecule has 19 heavy (non-hydrogen) atoms. The maximum Gasteiger partial charge on any atom is 0.0316 e. The Morgan fingerprint density at radius 2 is 2.16 bits per heavy atom. The van der Waals surface area contributed by atoms with Crippen molar-refractivity contribution in [2.75, 3.05) is 39.0 Å². The molecular formula is C16H27N3. The van der Waals surface area contributed by atoms with E-state index in [9.17, 15) is 0 Å². The van der Waals surface area contributed by atoms with Gasteiger partial charge < -0.3 is 10.6 Å². The predicted molar refractivity (Wildman–Crippen MR) is 82.3 cm³/mol. The van der Waals surface area contributed by atoms with Crippen molar-refractivity contribution in [3.63, 3.8) is 0 Å². The topological polar surface area (TPSA) is 32.5 Å². The SMILES string of the molecule is CCC1CN(C)CCCN1CCc1cccc(N)c1. The Balaban J connectivity index is 1.93. The Kier molecular flexibility index (Phi) is 5.23. The van der Waals surface area contributed by atoms with E-state index in [4.69, 9.17) is 5.73 Å². The number of hydrogen-bond acceptors (Lipinski definition) is 3. The van der Waals surface area contributed by atoms with Crippen LogP contribution in [-0.4, -0.2) is 49.1 Å². The summed E-state index contributed by atoms with van der Waals surface area (Å²) < 4.78 is 0. The highest BCUT2D eigenvalue weighted by Crippen LogP contribution is 2.14. The van der Waals surface area contributed by atoms with Crippen molar-refractivity contribution in [1.82, 2.24) is 9.80 Å². The van der Waals surface area contributed by atoms with Gasteiger partial charge in [0, 0.05) is 24.8 Å². The van der Waals surface area contributed by atoms with Crippen LogP contribution in [0, 0.1) is 0 Å². The van der Waals surface area contributed by atoms with E-state index in [-0.39, 0.29) is 0 Å². The molecule has 1 unspecified atom stereocenters. The first kappa shape index (κ1) is 14.4. The van der Waals surface area contributed by atoms with Gasteiger partial charge in [0.05, 0.1) is 0 Å².